The number of anilines is 1. The molecule has 6 heteroatoms. The third-order valence-electron chi connectivity index (χ3n) is 2.61. The van der Waals surface area contributed by atoms with Gasteiger partial charge in [0.15, 0.2) is 0 Å². The first-order chi connectivity index (χ1) is 9.52. The lowest BCUT2D eigenvalue weighted by Gasteiger charge is -2.12. The van der Waals surface area contributed by atoms with E-state index in [0.29, 0.717) is 5.02 Å². The number of amides is 1. The lowest BCUT2D eigenvalue weighted by molar-refractivity contribution is 0.102. The lowest BCUT2D eigenvalue weighted by atomic mass is 10.1. The zero-order chi connectivity index (χ0) is 14.7. The zero-order valence-corrected chi connectivity index (χ0v) is 12.0. The minimum Gasteiger partial charge on any atom is -0.506 e. The number of para-hydroxylation sites is 2. The van der Waals surface area contributed by atoms with Crippen LogP contribution in [0, 0.1) is 0 Å². The van der Waals surface area contributed by atoms with Crippen LogP contribution in [0.1, 0.15) is 10.4 Å². The van der Waals surface area contributed by atoms with E-state index in [1.165, 1.54) is 25.3 Å². The predicted octanol–water partition coefficient (Wildman–Crippen LogP) is 3.96. The van der Waals surface area contributed by atoms with E-state index in [1.54, 1.807) is 18.2 Å². The fourth-order valence-corrected chi connectivity index (χ4v) is 2.28. The molecule has 2 N–H and O–H groups in total. The number of ether oxygens (including phenoxy) is 1. The van der Waals surface area contributed by atoms with Crippen molar-refractivity contribution in [2.75, 3.05) is 12.4 Å². The maximum absolute atomic E-state index is 12.2. The maximum Gasteiger partial charge on any atom is 0.259 e. The van der Waals surface area contributed by atoms with Gasteiger partial charge in [-0.05, 0) is 24.3 Å². The van der Waals surface area contributed by atoms with E-state index in [4.69, 9.17) is 27.9 Å². The number of phenols is 1. The summed E-state index contributed by atoms with van der Waals surface area (Å²) in [5.74, 6) is -0.287. The maximum atomic E-state index is 12.2. The molecule has 0 aromatic heterocycles. The molecule has 0 fully saturated rings. The van der Waals surface area contributed by atoms with Crippen LogP contribution in [0.15, 0.2) is 36.4 Å². The topological polar surface area (TPSA) is 58.6 Å². The van der Waals surface area contributed by atoms with Crippen LogP contribution < -0.4 is 10.1 Å². The first-order valence-electron chi connectivity index (χ1n) is 5.65. The van der Waals surface area contributed by atoms with Gasteiger partial charge in [0.05, 0.1) is 23.4 Å². The smallest absolute Gasteiger partial charge is 0.259 e. The van der Waals surface area contributed by atoms with Crippen molar-refractivity contribution in [2.24, 2.45) is 0 Å². The van der Waals surface area contributed by atoms with Gasteiger partial charge in [-0.2, -0.15) is 0 Å². The number of phenolic OH excluding ortho intramolecular Hbond substituents is 1. The Kier molecular flexibility index (Phi) is 4.37. The van der Waals surface area contributed by atoms with Gasteiger partial charge >= 0.3 is 0 Å². The Bertz CT molecular complexity index is 659. The Hall–Kier alpha value is -1.91. The van der Waals surface area contributed by atoms with Crippen molar-refractivity contribution in [3.63, 3.8) is 0 Å². The molecule has 0 radical (unpaired) electrons. The highest BCUT2D eigenvalue weighted by molar-refractivity contribution is 6.36. The normalized spacial score (nSPS) is 10.2. The van der Waals surface area contributed by atoms with Crippen molar-refractivity contribution in [3.05, 3.63) is 52.0 Å². The number of carbonyl (C=O) groups excluding carboxylic acids is 1. The standard InChI is InChI=1S/C14H11Cl2NO3/c1-20-13-9(6-8(15)7-10(13)16)14(19)17-11-4-2-3-5-12(11)18/h2-7,18H,1H3,(H,17,19). The molecule has 0 aliphatic rings. The fourth-order valence-electron chi connectivity index (χ4n) is 1.71. The highest BCUT2D eigenvalue weighted by Gasteiger charge is 2.17. The van der Waals surface area contributed by atoms with Gasteiger partial charge in [-0.3, -0.25) is 4.79 Å². The van der Waals surface area contributed by atoms with Gasteiger partial charge in [0, 0.05) is 5.02 Å². The number of nitrogens with one attached hydrogen (secondary N) is 1. The SMILES string of the molecule is COc1c(Cl)cc(Cl)cc1C(=O)Nc1ccccc1O. The molecule has 0 atom stereocenters. The van der Waals surface area contributed by atoms with Crippen LogP contribution in [-0.4, -0.2) is 18.1 Å². The number of benzene rings is 2. The summed E-state index contributed by atoms with van der Waals surface area (Å²) in [4.78, 5) is 12.2. The van der Waals surface area contributed by atoms with Gasteiger partial charge < -0.3 is 15.2 Å². The van der Waals surface area contributed by atoms with Crippen LogP contribution in [0.4, 0.5) is 5.69 Å². The summed E-state index contributed by atoms with van der Waals surface area (Å²) in [5, 5.41) is 12.8. The van der Waals surface area contributed by atoms with Gasteiger partial charge in [-0.1, -0.05) is 35.3 Å². The molecule has 0 unspecified atom stereocenters. The van der Waals surface area contributed by atoms with Crippen molar-refractivity contribution in [3.8, 4) is 11.5 Å². The molecule has 2 aromatic carbocycles. The number of carbonyl (C=O) groups is 1. The Morgan fingerprint density at radius 2 is 1.95 bits per heavy atom. The second kappa shape index (κ2) is 6.03. The first kappa shape index (κ1) is 14.5. The molecule has 0 aliphatic carbocycles. The van der Waals surface area contributed by atoms with E-state index in [9.17, 15) is 9.90 Å². The van der Waals surface area contributed by atoms with Gasteiger partial charge in [-0.25, -0.2) is 0 Å². The molecular weight excluding hydrogens is 301 g/mol. The number of halogens is 2. The zero-order valence-electron chi connectivity index (χ0n) is 10.5. The molecule has 0 saturated carbocycles. The largest absolute Gasteiger partial charge is 0.506 e. The average molecular weight is 312 g/mol. The monoisotopic (exact) mass is 311 g/mol. The quantitative estimate of drug-likeness (QED) is 0.843. The molecule has 0 bridgehead atoms. The summed E-state index contributed by atoms with van der Waals surface area (Å²) >= 11 is 11.9. The summed E-state index contributed by atoms with van der Waals surface area (Å²) in [6, 6.07) is 9.32. The van der Waals surface area contributed by atoms with Gasteiger partial charge in [0.25, 0.3) is 5.91 Å². The minimum absolute atomic E-state index is 0.0343. The first-order valence-corrected chi connectivity index (χ1v) is 6.41. The summed E-state index contributed by atoms with van der Waals surface area (Å²) in [6.45, 7) is 0. The van der Waals surface area contributed by atoms with Gasteiger partial charge in [0.1, 0.15) is 11.5 Å². The third-order valence-corrected chi connectivity index (χ3v) is 3.11. The number of aromatic hydroxyl groups is 1. The molecule has 4 nitrogen and oxygen atoms in total. The molecule has 1 amide bonds. The Morgan fingerprint density at radius 3 is 2.60 bits per heavy atom. The van der Waals surface area contributed by atoms with Crippen LogP contribution in [0.3, 0.4) is 0 Å². The summed E-state index contributed by atoms with van der Waals surface area (Å²) in [7, 11) is 1.41. The van der Waals surface area contributed by atoms with Crippen molar-refractivity contribution in [2.45, 2.75) is 0 Å². The molecule has 2 rings (SSSR count). The molecule has 0 saturated heterocycles. The summed E-state index contributed by atoms with van der Waals surface area (Å²) in [5.41, 5.74) is 0.476. The summed E-state index contributed by atoms with van der Waals surface area (Å²) < 4.78 is 5.11. The molecule has 0 aliphatic heterocycles. The fraction of sp³-hybridized carbons (Fsp3) is 0.0714. The van der Waals surface area contributed by atoms with Crippen LogP contribution in [0.25, 0.3) is 0 Å². The molecule has 20 heavy (non-hydrogen) atoms. The van der Waals surface area contributed by atoms with E-state index in [1.807, 2.05) is 0 Å². The van der Waals surface area contributed by atoms with Crippen molar-refractivity contribution >= 4 is 34.8 Å². The number of rotatable bonds is 3. The van der Waals surface area contributed by atoms with Crippen LogP contribution in [-0.2, 0) is 0 Å². The van der Waals surface area contributed by atoms with Crippen molar-refractivity contribution in [1.29, 1.82) is 0 Å². The van der Waals surface area contributed by atoms with Gasteiger partial charge in [0.2, 0.25) is 0 Å². The summed E-state index contributed by atoms with van der Waals surface area (Å²) in [6.07, 6.45) is 0. The number of methoxy groups -OCH3 is 1. The number of hydrogen-bond donors (Lipinski definition) is 2. The van der Waals surface area contributed by atoms with E-state index < -0.39 is 5.91 Å². The minimum atomic E-state index is -0.479. The highest BCUT2D eigenvalue weighted by Crippen LogP contribution is 2.33. The predicted molar refractivity (Wildman–Crippen MR) is 79.1 cm³/mol. The van der Waals surface area contributed by atoms with Crippen LogP contribution in [0.5, 0.6) is 11.5 Å². The molecule has 104 valence electrons. The second-order valence-corrected chi connectivity index (χ2v) is 4.78. The number of hydrogen-bond acceptors (Lipinski definition) is 3. The van der Waals surface area contributed by atoms with E-state index >= 15 is 0 Å². The molecule has 2 aromatic rings. The van der Waals surface area contributed by atoms with Gasteiger partial charge in [-0.15, -0.1) is 0 Å². The molecular formula is C14H11Cl2NO3. The van der Waals surface area contributed by atoms with E-state index in [0.717, 1.165) is 0 Å². The van der Waals surface area contributed by atoms with Crippen molar-refractivity contribution < 1.29 is 14.6 Å². The van der Waals surface area contributed by atoms with Crippen LogP contribution >= 0.6 is 23.2 Å². The Morgan fingerprint density at radius 1 is 1.25 bits per heavy atom. The average Bonchev–Trinajstić information content (AvgIpc) is 2.40. The highest BCUT2D eigenvalue weighted by atomic mass is 35.5. The van der Waals surface area contributed by atoms with E-state index in [2.05, 4.69) is 5.32 Å². The molecule has 0 spiro atoms. The lowest BCUT2D eigenvalue weighted by Crippen LogP contribution is -2.13. The van der Waals surface area contributed by atoms with E-state index in [-0.39, 0.29) is 27.8 Å². The van der Waals surface area contributed by atoms with Crippen LogP contribution in [0.2, 0.25) is 10.0 Å². The Labute approximate surface area is 125 Å². The molecule has 0 heterocycles. The third kappa shape index (κ3) is 2.98. The Balaban J connectivity index is 2.37. The van der Waals surface area contributed by atoms with Crippen molar-refractivity contribution in [1.82, 2.24) is 0 Å². The second-order valence-electron chi connectivity index (χ2n) is 3.94.